The summed E-state index contributed by atoms with van der Waals surface area (Å²) < 4.78 is 0. The Bertz CT molecular complexity index is 1250. The number of hydrogen-bond donors (Lipinski definition) is 1. The van der Waals surface area contributed by atoms with Crippen molar-refractivity contribution in [2.45, 2.75) is 27.8 Å². The number of nitrogens with zero attached hydrogens (tertiary/aromatic N) is 3. The molecule has 1 aliphatic heterocycles. The number of benzene rings is 2. The van der Waals surface area contributed by atoms with Crippen LogP contribution in [0.3, 0.4) is 0 Å². The van der Waals surface area contributed by atoms with Crippen LogP contribution >= 0.6 is 34.9 Å². The molecule has 1 N–H and O–H groups in total. The summed E-state index contributed by atoms with van der Waals surface area (Å²) in [4.78, 5) is 28.6. The number of para-hydroxylation sites is 1. The van der Waals surface area contributed by atoms with E-state index < -0.39 is 0 Å². The maximum atomic E-state index is 13.2. The summed E-state index contributed by atoms with van der Waals surface area (Å²) in [6, 6.07) is 20.0. The van der Waals surface area contributed by atoms with Crippen molar-refractivity contribution >= 4 is 62.5 Å². The smallest absolute Gasteiger partial charge is 0.265 e. The number of aromatic nitrogens is 2. The number of fused-ring (bicyclic) bond motifs is 1. The van der Waals surface area contributed by atoms with Crippen molar-refractivity contribution in [2.24, 2.45) is 0 Å². The van der Waals surface area contributed by atoms with Crippen LogP contribution in [-0.2, 0) is 0 Å². The number of thiophene rings is 1. The highest BCUT2D eigenvalue weighted by atomic mass is 32.2. The molecule has 32 heavy (non-hydrogen) atoms. The molecule has 1 fully saturated rings. The second-order valence-corrected chi connectivity index (χ2v) is 10.3. The van der Waals surface area contributed by atoms with E-state index in [0.29, 0.717) is 4.88 Å². The minimum Gasteiger partial charge on any atom is -0.356 e. The Morgan fingerprint density at radius 2 is 1.78 bits per heavy atom. The molecule has 0 spiro atoms. The Morgan fingerprint density at radius 3 is 2.56 bits per heavy atom. The first-order chi connectivity index (χ1) is 15.7. The zero-order valence-corrected chi connectivity index (χ0v) is 20.0. The highest BCUT2D eigenvalue weighted by Gasteiger charge is 2.22. The zero-order chi connectivity index (χ0) is 21.9. The highest BCUT2D eigenvalue weighted by molar-refractivity contribution is 7.99. The number of thioether (sulfide) groups is 1. The molecule has 0 atom stereocenters. The van der Waals surface area contributed by atoms with Crippen molar-refractivity contribution in [1.82, 2.24) is 9.97 Å². The number of hydrogen-bond acceptors (Lipinski definition) is 7. The number of anilines is 2. The topological polar surface area (TPSA) is 58.1 Å². The van der Waals surface area contributed by atoms with E-state index in [0.717, 1.165) is 49.8 Å². The predicted octanol–water partition coefficient (Wildman–Crippen LogP) is 6.42. The first kappa shape index (κ1) is 21.3. The number of rotatable bonds is 6. The first-order valence-electron chi connectivity index (χ1n) is 10.4. The van der Waals surface area contributed by atoms with Crippen molar-refractivity contribution in [2.75, 3.05) is 29.6 Å². The van der Waals surface area contributed by atoms with Crippen LogP contribution in [0.4, 0.5) is 11.5 Å². The molecule has 2 aromatic carbocycles. The van der Waals surface area contributed by atoms with Crippen LogP contribution in [0, 0.1) is 0 Å². The van der Waals surface area contributed by atoms with Gasteiger partial charge in [-0.2, -0.15) is 0 Å². The SMILES string of the molecule is CSc1nc(N2CCCC2)c2cc(C(=O)Nc3ccccc3Sc3ccccc3)sc2n1. The third-order valence-electron chi connectivity index (χ3n) is 5.27. The molecule has 8 heteroatoms. The number of nitrogens with one attached hydrogen (secondary N) is 1. The fourth-order valence-electron chi connectivity index (χ4n) is 3.72. The van der Waals surface area contributed by atoms with Gasteiger partial charge in [-0.25, -0.2) is 9.97 Å². The molecular formula is C24H22N4OS3. The van der Waals surface area contributed by atoms with Gasteiger partial charge in [-0.15, -0.1) is 11.3 Å². The lowest BCUT2D eigenvalue weighted by Crippen LogP contribution is -2.19. The van der Waals surface area contributed by atoms with Crippen molar-refractivity contribution in [3.63, 3.8) is 0 Å². The van der Waals surface area contributed by atoms with E-state index in [1.54, 1.807) is 11.8 Å². The molecule has 2 aromatic heterocycles. The quantitative estimate of drug-likeness (QED) is 0.255. The zero-order valence-electron chi connectivity index (χ0n) is 17.6. The highest BCUT2D eigenvalue weighted by Crippen LogP contribution is 2.36. The van der Waals surface area contributed by atoms with Crippen LogP contribution in [0.2, 0.25) is 0 Å². The second kappa shape index (κ2) is 9.52. The van der Waals surface area contributed by atoms with Crippen molar-refractivity contribution < 1.29 is 4.79 Å². The van der Waals surface area contributed by atoms with Crippen molar-refractivity contribution in [1.29, 1.82) is 0 Å². The molecule has 1 amide bonds. The minimum atomic E-state index is -0.118. The van der Waals surface area contributed by atoms with Gasteiger partial charge in [0.25, 0.3) is 5.91 Å². The molecule has 1 aliphatic rings. The average molecular weight is 479 g/mol. The summed E-state index contributed by atoms with van der Waals surface area (Å²) >= 11 is 4.60. The summed E-state index contributed by atoms with van der Waals surface area (Å²) in [6.07, 6.45) is 4.33. The Hall–Kier alpha value is -2.55. The molecule has 5 nitrogen and oxygen atoms in total. The summed E-state index contributed by atoms with van der Waals surface area (Å²) in [5, 5.41) is 4.82. The number of carbonyl (C=O) groups is 1. The summed E-state index contributed by atoms with van der Waals surface area (Å²) in [7, 11) is 0. The lowest BCUT2D eigenvalue weighted by molar-refractivity contribution is 0.103. The van der Waals surface area contributed by atoms with Gasteiger partial charge < -0.3 is 10.2 Å². The molecule has 0 radical (unpaired) electrons. The molecule has 4 aromatic rings. The fraction of sp³-hybridized carbons (Fsp3) is 0.208. The van der Waals surface area contributed by atoms with Crippen molar-refractivity contribution in [3.05, 3.63) is 65.5 Å². The number of amides is 1. The average Bonchev–Trinajstić information content (AvgIpc) is 3.50. The molecule has 162 valence electrons. The summed E-state index contributed by atoms with van der Waals surface area (Å²) in [5.74, 6) is 0.833. The molecule has 0 aliphatic carbocycles. The Kier molecular flexibility index (Phi) is 6.34. The van der Waals surface area contributed by atoms with E-state index in [2.05, 4.69) is 27.3 Å². The Morgan fingerprint density at radius 1 is 1.03 bits per heavy atom. The van der Waals surface area contributed by atoms with Gasteiger partial charge in [0.1, 0.15) is 10.6 Å². The van der Waals surface area contributed by atoms with Gasteiger partial charge >= 0.3 is 0 Å². The van der Waals surface area contributed by atoms with Crippen LogP contribution in [0.15, 0.2) is 75.6 Å². The van der Waals surface area contributed by atoms with Gasteiger partial charge in [0.2, 0.25) is 0 Å². The molecule has 0 bridgehead atoms. The van der Waals surface area contributed by atoms with E-state index >= 15 is 0 Å². The number of carbonyl (C=O) groups excluding carboxylic acids is 1. The van der Waals surface area contributed by atoms with Gasteiger partial charge in [0.15, 0.2) is 5.16 Å². The lowest BCUT2D eigenvalue weighted by atomic mass is 10.3. The van der Waals surface area contributed by atoms with Crippen LogP contribution in [-0.4, -0.2) is 35.2 Å². The molecule has 0 saturated carbocycles. The maximum absolute atomic E-state index is 13.2. The monoisotopic (exact) mass is 478 g/mol. The van der Waals surface area contributed by atoms with E-state index in [1.165, 1.54) is 35.9 Å². The largest absolute Gasteiger partial charge is 0.356 e. The van der Waals surface area contributed by atoms with E-state index in [-0.39, 0.29) is 5.91 Å². The lowest BCUT2D eigenvalue weighted by Gasteiger charge is -2.17. The standard InChI is InChI=1S/C24H22N4OS3/c1-30-24-26-21(28-13-7-8-14-28)17-15-20(32-23(17)27-24)22(29)25-18-11-5-6-12-19(18)31-16-9-3-2-4-10-16/h2-6,9-12,15H,7-8,13-14H2,1H3,(H,25,29). The molecule has 1 saturated heterocycles. The van der Waals surface area contributed by atoms with Gasteiger partial charge in [0.05, 0.1) is 16.0 Å². The molecule has 3 heterocycles. The van der Waals surface area contributed by atoms with E-state index in [4.69, 9.17) is 4.98 Å². The normalized spacial score (nSPS) is 13.6. The van der Waals surface area contributed by atoms with Gasteiger partial charge in [-0.3, -0.25) is 4.79 Å². The van der Waals surface area contributed by atoms with Crippen LogP contribution in [0.5, 0.6) is 0 Å². The van der Waals surface area contributed by atoms with Gasteiger partial charge in [-0.05, 0) is 49.4 Å². The van der Waals surface area contributed by atoms with Crippen LogP contribution < -0.4 is 10.2 Å². The molecule has 5 rings (SSSR count). The molecular weight excluding hydrogens is 456 g/mol. The van der Waals surface area contributed by atoms with Gasteiger partial charge in [0, 0.05) is 22.9 Å². The Labute approximate surface area is 199 Å². The van der Waals surface area contributed by atoms with Crippen LogP contribution in [0.25, 0.3) is 10.2 Å². The van der Waals surface area contributed by atoms with Crippen LogP contribution in [0.1, 0.15) is 22.5 Å². The fourth-order valence-corrected chi connectivity index (χ4v) is 5.98. The Balaban J connectivity index is 1.44. The third-order valence-corrected chi connectivity index (χ3v) is 7.93. The molecule has 0 unspecified atom stereocenters. The van der Waals surface area contributed by atoms with E-state index in [9.17, 15) is 4.79 Å². The maximum Gasteiger partial charge on any atom is 0.265 e. The second-order valence-electron chi connectivity index (χ2n) is 7.42. The minimum absolute atomic E-state index is 0.118. The predicted molar refractivity (Wildman–Crippen MR) is 136 cm³/mol. The van der Waals surface area contributed by atoms with Crippen molar-refractivity contribution in [3.8, 4) is 0 Å². The van der Waals surface area contributed by atoms with E-state index in [1.807, 2.05) is 54.8 Å². The summed E-state index contributed by atoms with van der Waals surface area (Å²) in [5.41, 5.74) is 0.805. The summed E-state index contributed by atoms with van der Waals surface area (Å²) in [6.45, 7) is 2.00. The van der Waals surface area contributed by atoms with Gasteiger partial charge in [-0.1, -0.05) is 53.9 Å². The third kappa shape index (κ3) is 4.48. The first-order valence-corrected chi connectivity index (χ1v) is 13.3.